The summed E-state index contributed by atoms with van der Waals surface area (Å²) >= 11 is 6.46. The Kier molecular flexibility index (Phi) is 4.62. The molecule has 1 aliphatic heterocycles. The molecule has 1 saturated heterocycles. The smallest absolute Gasteiger partial charge is 0.273 e. The van der Waals surface area contributed by atoms with Crippen LogP contribution in [0.15, 0.2) is 48.5 Å². The molecule has 27 heavy (non-hydrogen) atoms. The summed E-state index contributed by atoms with van der Waals surface area (Å²) in [7, 11) is 1.83. The van der Waals surface area contributed by atoms with Gasteiger partial charge in [-0.1, -0.05) is 41.9 Å². The normalized spacial score (nSPS) is 14.1. The van der Waals surface area contributed by atoms with E-state index in [0.29, 0.717) is 29.4 Å². The number of carbonyl (C=O) groups excluding carboxylic acids is 2. The number of benzene rings is 2. The molecule has 0 atom stereocenters. The van der Waals surface area contributed by atoms with E-state index < -0.39 is 0 Å². The summed E-state index contributed by atoms with van der Waals surface area (Å²) in [4.78, 5) is 26.5. The number of hydrogen-bond donors (Lipinski definition) is 1. The first kappa shape index (κ1) is 17.6. The summed E-state index contributed by atoms with van der Waals surface area (Å²) in [5.74, 6) is -0.0696. The highest BCUT2D eigenvalue weighted by atomic mass is 35.5. The fourth-order valence-corrected chi connectivity index (χ4v) is 4.00. The number of halogens is 1. The number of aryl methyl sites for hydroxylation is 1. The monoisotopic (exact) mass is 381 g/mol. The minimum Gasteiger partial charge on any atom is -0.338 e. The Hall–Kier alpha value is -2.79. The topological polar surface area (TPSA) is 54.3 Å². The van der Waals surface area contributed by atoms with Crippen LogP contribution in [-0.4, -0.2) is 27.8 Å². The van der Waals surface area contributed by atoms with Crippen LogP contribution in [0.25, 0.3) is 10.9 Å². The lowest BCUT2D eigenvalue weighted by Crippen LogP contribution is -2.24. The van der Waals surface area contributed by atoms with Crippen LogP contribution in [0.5, 0.6) is 0 Å². The van der Waals surface area contributed by atoms with Crippen LogP contribution in [0.1, 0.15) is 28.9 Å². The van der Waals surface area contributed by atoms with Crippen LogP contribution >= 0.6 is 11.6 Å². The van der Waals surface area contributed by atoms with Crippen molar-refractivity contribution in [1.82, 2.24) is 9.47 Å². The highest BCUT2D eigenvalue weighted by Crippen LogP contribution is 2.30. The van der Waals surface area contributed by atoms with Crippen molar-refractivity contribution in [2.75, 3.05) is 11.9 Å². The minimum atomic E-state index is -0.256. The summed E-state index contributed by atoms with van der Waals surface area (Å²) in [6.07, 6.45) is 1.53. The van der Waals surface area contributed by atoms with Gasteiger partial charge in [0.05, 0.1) is 5.02 Å². The number of likely N-dealkylation sites (tertiary alicyclic amines) is 1. The summed E-state index contributed by atoms with van der Waals surface area (Å²) < 4.78 is 1.81. The molecule has 1 N–H and O–H groups in total. The summed E-state index contributed by atoms with van der Waals surface area (Å²) in [5, 5.41) is 4.23. The molecule has 4 rings (SSSR count). The zero-order valence-corrected chi connectivity index (χ0v) is 15.8. The molecule has 138 valence electrons. The fraction of sp³-hybridized carbons (Fsp3) is 0.238. The maximum absolute atomic E-state index is 12.9. The largest absolute Gasteiger partial charge is 0.338 e. The van der Waals surface area contributed by atoms with E-state index in [1.165, 1.54) is 0 Å². The van der Waals surface area contributed by atoms with Gasteiger partial charge in [0.1, 0.15) is 5.69 Å². The predicted octanol–water partition coefficient (Wildman–Crippen LogP) is 4.21. The van der Waals surface area contributed by atoms with E-state index in [4.69, 9.17) is 11.6 Å². The fourth-order valence-electron chi connectivity index (χ4n) is 3.63. The molecule has 6 heteroatoms. The van der Waals surface area contributed by atoms with Crippen molar-refractivity contribution in [2.45, 2.75) is 19.4 Å². The van der Waals surface area contributed by atoms with E-state index in [1.54, 1.807) is 4.57 Å². The van der Waals surface area contributed by atoms with E-state index >= 15 is 0 Å². The molecule has 1 fully saturated rings. The standard InChI is InChI=1S/C21H20ClN3O2/c1-24-17-9-3-2-8-16(17)19(22)20(24)21(27)23-15-7-4-6-14(12-15)13-25-11-5-10-18(25)26/h2-4,6-9,12H,5,10-11,13H2,1H3,(H,23,27). The third-order valence-electron chi connectivity index (χ3n) is 4.99. The molecule has 1 aliphatic rings. The van der Waals surface area contributed by atoms with E-state index in [-0.39, 0.29) is 11.8 Å². The summed E-state index contributed by atoms with van der Waals surface area (Å²) in [5.41, 5.74) is 3.02. The lowest BCUT2D eigenvalue weighted by atomic mass is 10.2. The van der Waals surface area contributed by atoms with Crippen molar-refractivity contribution in [3.8, 4) is 0 Å². The van der Waals surface area contributed by atoms with E-state index in [9.17, 15) is 9.59 Å². The van der Waals surface area contributed by atoms with Gasteiger partial charge in [0.2, 0.25) is 5.91 Å². The van der Waals surface area contributed by atoms with Gasteiger partial charge >= 0.3 is 0 Å². The van der Waals surface area contributed by atoms with Crippen LogP contribution in [0.2, 0.25) is 5.02 Å². The Morgan fingerprint density at radius 2 is 2.00 bits per heavy atom. The Bertz CT molecular complexity index is 1000. The predicted molar refractivity (Wildman–Crippen MR) is 107 cm³/mol. The first-order chi connectivity index (χ1) is 13.0. The third-order valence-corrected chi connectivity index (χ3v) is 5.37. The van der Waals surface area contributed by atoms with E-state index in [1.807, 2.05) is 60.5 Å². The molecule has 2 aromatic carbocycles. The molecular weight excluding hydrogens is 362 g/mol. The van der Waals surface area contributed by atoms with Gasteiger partial charge in [0, 0.05) is 43.1 Å². The lowest BCUT2D eigenvalue weighted by molar-refractivity contribution is -0.128. The molecule has 5 nitrogen and oxygen atoms in total. The quantitative estimate of drug-likeness (QED) is 0.736. The maximum atomic E-state index is 12.9. The molecule has 3 aromatic rings. The zero-order valence-electron chi connectivity index (χ0n) is 15.0. The second kappa shape index (κ2) is 7.08. The number of aromatic nitrogens is 1. The summed E-state index contributed by atoms with van der Waals surface area (Å²) in [6, 6.07) is 15.2. The lowest BCUT2D eigenvalue weighted by Gasteiger charge is -2.16. The molecule has 0 saturated carbocycles. The molecule has 0 unspecified atom stereocenters. The SMILES string of the molecule is Cn1c(C(=O)Nc2cccc(CN3CCCC3=O)c2)c(Cl)c2ccccc21. The average molecular weight is 382 g/mol. The van der Waals surface area contributed by atoms with Crippen LogP contribution in [0.4, 0.5) is 5.69 Å². The first-order valence-electron chi connectivity index (χ1n) is 8.95. The average Bonchev–Trinajstić information content (AvgIpc) is 3.17. The van der Waals surface area contributed by atoms with Crippen molar-refractivity contribution in [3.63, 3.8) is 0 Å². The number of nitrogens with one attached hydrogen (secondary N) is 1. The maximum Gasteiger partial charge on any atom is 0.273 e. The van der Waals surface area contributed by atoms with Gasteiger partial charge in [-0.3, -0.25) is 9.59 Å². The van der Waals surface area contributed by atoms with Gasteiger partial charge in [-0.2, -0.15) is 0 Å². The summed E-state index contributed by atoms with van der Waals surface area (Å²) in [6.45, 7) is 1.36. The molecule has 0 spiro atoms. The molecule has 2 amide bonds. The van der Waals surface area contributed by atoms with E-state index in [2.05, 4.69) is 5.32 Å². The Labute approximate surface area is 162 Å². The molecule has 0 bridgehead atoms. The van der Waals surface area contributed by atoms with Crippen molar-refractivity contribution < 1.29 is 9.59 Å². The van der Waals surface area contributed by atoms with Gasteiger partial charge < -0.3 is 14.8 Å². The Morgan fingerprint density at radius 3 is 2.74 bits per heavy atom. The molecule has 0 aliphatic carbocycles. The molecule has 1 aromatic heterocycles. The Balaban J connectivity index is 1.57. The zero-order chi connectivity index (χ0) is 19.0. The van der Waals surface area contributed by atoms with Crippen molar-refractivity contribution >= 4 is 40.0 Å². The number of para-hydroxylation sites is 1. The van der Waals surface area contributed by atoms with Crippen LogP contribution in [0.3, 0.4) is 0 Å². The third kappa shape index (κ3) is 3.30. The Morgan fingerprint density at radius 1 is 1.19 bits per heavy atom. The first-order valence-corrected chi connectivity index (χ1v) is 9.33. The van der Waals surface area contributed by atoms with Gasteiger partial charge in [-0.15, -0.1) is 0 Å². The molecule has 0 radical (unpaired) electrons. The van der Waals surface area contributed by atoms with Crippen LogP contribution in [0, 0.1) is 0 Å². The number of anilines is 1. The van der Waals surface area contributed by atoms with Crippen LogP contribution in [-0.2, 0) is 18.4 Å². The van der Waals surface area contributed by atoms with Gasteiger partial charge in [0.15, 0.2) is 0 Å². The van der Waals surface area contributed by atoms with Gasteiger partial charge in [-0.25, -0.2) is 0 Å². The molecular formula is C21H20ClN3O2. The number of rotatable bonds is 4. The minimum absolute atomic E-state index is 0.187. The van der Waals surface area contributed by atoms with Gasteiger partial charge in [-0.05, 0) is 30.2 Å². The van der Waals surface area contributed by atoms with Crippen LogP contribution < -0.4 is 5.32 Å². The van der Waals surface area contributed by atoms with Crippen molar-refractivity contribution in [3.05, 3.63) is 64.8 Å². The number of fused-ring (bicyclic) bond motifs is 1. The van der Waals surface area contributed by atoms with Gasteiger partial charge in [0.25, 0.3) is 5.91 Å². The second-order valence-electron chi connectivity index (χ2n) is 6.81. The van der Waals surface area contributed by atoms with Crippen molar-refractivity contribution in [2.24, 2.45) is 7.05 Å². The number of carbonyl (C=O) groups is 2. The number of amides is 2. The number of hydrogen-bond acceptors (Lipinski definition) is 2. The second-order valence-corrected chi connectivity index (χ2v) is 7.19. The highest BCUT2D eigenvalue weighted by molar-refractivity contribution is 6.39. The number of nitrogens with zero attached hydrogens (tertiary/aromatic N) is 2. The highest BCUT2D eigenvalue weighted by Gasteiger charge is 2.21. The van der Waals surface area contributed by atoms with Crippen molar-refractivity contribution in [1.29, 1.82) is 0 Å². The van der Waals surface area contributed by atoms with E-state index in [0.717, 1.165) is 29.4 Å². The molecule has 2 heterocycles.